The molecule has 1 aromatic carbocycles. The van der Waals surface area contributed by atoms with Crippen LogP contribution in [-0.4, -0.2) is 15.8 Å². The number of urea groups is 1. The van der Waals surface area contributed by atoms with Gasteiger partial charge in [0.05, 0.1) is 16.9 Å². The van der Waals surface area contributed by atoms with Gasteiger partial charge < -0.3 is 16.4 Å². The maximum Gasteiger partial charge on any atom is 0.319 e. The number of aromatic nitrogens is 2. The Morgan fingerprint density at radius 1 is 1.45 bits per heavy atom. The Kier molecular flexibility index (Phi) is 4.36. The molecular formula is C12H13Cl2N5O. The second kappa shape index (κ2) is 6.02. The minimum Gasteiger partial charge on any atom is -0.384 e. The van der Waals surface area contributed by atoms with Crippen molar-refractivity contribution in [1.82, 2.24) is 15.1 Å². The summed E-state index contributed by atoms with van der Waals surface area (Å²) in [6.45, 7) is 0.268. The fourth-order valence-electron chi connectivity index (χ4n) is 1.56. The maximum absolute atomic E-state index is 11.8. The fourth-order valence-corrected chi connectivity index (χ4v) is 1.90. The Hall–Kier alpha value is -1.92. The third-order valence-corrected chi connectivity index (χ3v) is 3.25. The summed E-state index contributed by atoms with van der Waals surface area (Å²) in [7, 11) is 1.73. The molecule has 2 aromatic rings. The van der Waals surface area contributed by atoms with Crippen molar-refractivity contribution in [3.8, 4) is 0 Å². The summed E-state index contributed by atoms with van der Waals surface area (Å²) < 4.78 is 1.53. The molecule has 2 amide bonds. The molecule has 0 fully saturated rings. The van der Waals surface area contributed by atoms with Crippen LogP contribution in [0.3, 0.4) is 0 Å². The Morgan fingerprint density at radius 2 is 2.20 bits per heavy atom. The van der Waals surface area contributed by atoms with E-state index in [0.29, 0.717) is 21.6 Å². The standard InChI is InChI=1S/C12H13Cl2N5O/c1-19-11(15)7(6-17-19)5-16-12(20)18-10-4-8(13)2-3-9(10)14/h2-4,6H,5,15H2,1H3,(H2,16,18,20). The van der Waals surface area contributed by atoms with Gasteiger partial charge in [0.15, 0.2) is 0 Å². The number of aryl methyl sites for hydroxylation is 1. The number of nitrogens with two attached hydrogens (primary N) is 1. The highest BCUT2D eigenvalue weighted by Gasteiger charge is 2.09. The number of amides is 2. The Labute approximate surface area is 125 Å². The van der Waals surface area contributed by atoms with Crippen LogP contribution in [0.15, 0.2) is 24.4 Å². The van der Waals surface area contributed by atoms with Crippen LogP contribution >= 0.6 is 23.2 Å². The van der Waals surface area contributed by atoms with Gasteiger partial charge in [-0.15, -0.1) is 0 Å². The first-order valence-corrected chi connectivity index (χ1v) is 6.49. The van der Waals surface area contributed by atoms with Gasteiger partial charge >= 0.3 is 6.03 Å². The second-order valence-electron chi connectivity index (χ2n) is 4.11. The zero-order valence-corrected chi connectivity index (χ0v) is 12.2. The normalized spacial score (nSPS) is 10.3. The van der Waals surface area contributed by atoms with Gasteiger partial charge in [0.2, 0.25) is 0 Å². The first-order valence-electron chi connectivity index (χ1n) is 5.73. The van der Waals surface area contributed by atoms with Gasteiger partial charge in [0.1, 0.15) is 5.82 Å². The summed E-state index contributed by atoms with van der Waals surface area (Å²) in [6.07, 6.45) is 1.60. The lowest BCUT2D eigenvalue weighted by molar-refractivity contribution is 0.252. The van der Waals surface area contributed by atoms with Gasteiger partial charge in [0.25, 0.3) is 0 Å². The van der Waals surface area contributed by atoms with E-state index < -0.39 is 6.03 Å². The van der Waals surface area contributed by atoms with Gasteiger partial charge in [-0.2, -0.15) is 5.10 Å². The molecule has 0 atom stereocenters. The number of halogens is 2. The Balaban J connectivity index is 1.96. The number of hydrogen-bond donors (Lipinski definition) is 3. The van der Waals surface area contributed by atoms with Crippen molar-refractivity contribution in [3.05, 3.63) is 40.0 Å². The quantitative estimate of drug-likeness (QED) is 0.814. The maximum atomic E-state index is 11.8. The van der Waals surface area contributed by atoms with Crippen molar-refractivity contribution in [2.45, 2.75) is 6.54 Å². The van der Waals surface area contributed by atoms with E-state index in [1.165, 1.54) is 4.68 Å². The van der Waals surface area contributed by atoms with Crippen LogP contribution in [0, 0.1) is 0 Å². The van der Waals surface area contributed by atoms with Crippen LogP contribution in [0.2, 0.25) is 10.0 Å². The first kappa shape index (κ1) is 14.5. The number of anilines is 2. The molecule has 0 aliphatic carbocycles. The summed E-state index contributed by atoms with van der Waals surface area (Å²) >= 11 is 11.8. The van der Waals surface area contributed by atoms with Crippen molar-refractivity contribution >= 4 is 40.7 Å². The first-order chi connectivity index (χ1) is 9.47. The number of benzene rings is 1. The van der Waals surface area contributed by atoms with Crippen molar-refractivity contribution < 1.29 is 4.79 Å². The molecule has 106 valence electrons. The third kappa shape index (κ3) is 3.34. The monoisotopic (exact) mass is 313 g/mol. The number of carbonyl (C=O) groups excluding carboxylic acids is 1. The van der Waals surface area contributed by atoms with E-state index in [9.17, 15) is 4.79 Å². The molecule has 8 heteroatoms. The van der Waals surface area contributed by atoms with E-state index in [1.807, 2.05) is 0 Å². The van der Waals surface area contributed by atoms with Crippen LogP contribution in [-0.2, 0) is 13.6 Å². The van der Waals surface area contributed by atoms with Gasteiger partial charge in [-0.3, -0.25) is 4.68 Å². The summed E-state index contributed by atoms with van der Waals surface area (Å²) in [5.74, 6) is 0.506. The Bertz CT molecular complexity index is 641. The van der Waals surface area contributed by atoms with Gasteiger partial charge in [0, 0.05) is 24.2 Å². The molecule has 0 saturated heterocycles. The largest absolute Gasteiger partial charge is 0.384 e. The smallest absolute Gasteiger partial charge is 0.319 e. The third-order valence-electron chi connectivity index (χ3n) is 2.68. The summed E-state index contributed by atoms with van der Waals surface area (Å²) in [5, 5.41) is 10.2. The molecular weight excluding hydrogens is 301 g/mol. The molecule has 0 saturated carbocycles. The van der Waals surface area contributed by atoms with Crippen LogP contribution in [0.5, 0.6) is 0 Å². The minimum absolute atomic E-state index is 0.268. The van der Waals surface area contributed by atoms with Gasteiger partial charge in [-0.25, -0.2) is 4.79 Å². The van der Waals surface area contributed by atoms with E-state index in [4.69, 9.17) is 28.9 Å². The molecule has 0 unspecified atom stereocenters. The molecule has 0 spiro atoms. The Morgan fingerprint density at radius 3 is 2.85 bits per heavy atom. The predicted molar refractivity (Wildman–Crippen MR) is 79.9 cm³/mol. The second-order valence-corrected chi connectivity index (χ2v) is 4.95. The van der Waals surface area contributed by atoms with E-state index in [1.54, 1.807) is 31.4 Å². The number of nitrogens with zero attached hydrogens (tertiary/aromatic N) is 2. The lowest BCUT2D eigenvalue weighted by Gasteiger charge is -2.09. The van der Waals surface area contributed by atoms with Gasteiger partial charge in [-0.05, 0) is 18.2 Å². The van der Waals surface area contributed by atoms with E-state index in [2.05, 4.69) is 15.7 Å². The summed E-state index contributed by atoms with van der Waals surface area (Å²) in [6, 6.07) is 4.42. The average molecular weight is 314 g/mol. The molecule has 0 radical (unpaired) electrons. The molecule has 0 aliphatic rings. The highest BCUT2D eigenvalue weighted by atomic mass is 35.5. The molecule has 0 aliphatic heterocycles. The summed E-state index contributed by atoms with van der Waals surface area (Å²) in [4.78, 5) is 11.8. The van der Waals surface area contributed by atoms with Gasteiger partial charge in [-0.1, -0.05) is 23.2 Å². The van der Waals surface area contributed by atoms with Crippen LogP contribution in [0.1, 0.15) is 5.56 Å². The van der Waals surface area contributed by atoms with Crippen molar-refractivity contribution in [3.63, 3.8) is 0 Å². The zero-order chi connectivity index (χ0) is 14.7. The van der Waals surface area contributed by atoms with E-state index in [0.717, 1.165) is 5.56 Å². The van der Waals surface area contributed by atoms with E-state index in [-0.39, 0.29) is 6.54 Å². The fraction of sp³-hybridized carbons (Fsp3) is 0.167. The molecule has 6 nitrogen and oxygen atoms in total. The highest BCUT2D eigenvalue weighted by molar-refractivity contribution is 6.35. The highest BCUT2D eigenvalue weighted by Crippen LogP contribution is 2.25. The van der Waals surface area contributed by atoms with Crippen molar-refractivity contribution in [1.29, 1.82) is 0 Å². The predicted octanol–water partition coefficient (Wildman–Crippen LogP) is 2.63. The number of hydrogen-bond acceptors (Lipinski definition) is 3. The number of nitrogen functional groups attached to an aromatic ring is 1. The lowest BCUT2D eigenvalue weighted by Crippen LogP contribution is -2.28. The number of nitrogens with one attached hydrogen (secondary N) is 2. The van der Waals surface area contributed by atoms with Crippen LogP contribution in [0.4, 0.5) is 16.3 Å². The SMILES string of the molecule is Cn1ncc(CNC(=O)Nc2cc(Cl)ccc2Cl)c1N. The molecule has 1 aromatic heterocycles. The molecule has 20 heavy (non-hydrogen) atoms. The van der Waals surface area contributed by atoms with Crippen molar-refractivity contribution in [2.24, 2.45) is 7.05 Å². The van der Waals surface area contributed by atoms with Crippen molar-refractivity contribution in [2.75, 3.05) is 11.1 Å². The van der Waals surface area contributed by atoms with Crippen LogP contribution < -0.4 is 16.4 Å². The van der Waals surface area contributed by atoms with E-state index >= 15 is 0 Å². The number of carbonyl (C=O) groups is 1. The topological polar surface area (TPSA) is 85.0 Å². The molecule has 1 heterocycles. The molecule has 2 rings (SSSR count). The lowest BCUT2D eigenvalue weighted by atomic mass is 10.3. The number of rotatable bonds is 3. The molecule has 4 N–H and O–H groups in total. The van der Waals surface area contributed by atoms with Crippen LogP contribution in [0.25, 0.3) is 0 Å². The minimum atomic E-state index is -0.405. The summed E-state index contributed by atoms with van der Waals surface area (Å²) in [5.41, 5.74) is 6.95. The molecule has 0 bridgehead atoms. The average Bonchev–Trinajstić information content (AvgIpc) is 2.72. The zero-order valence-electron chi connectivity index (χ0n) is 10.7.